The van der Waals surface area contributed by atoms with Gasteiger partial charge in [-0.25, -0.2) is 8.42 Å². The summed E-state index contributed by atoms with van der Waals surface area (Å²) >= 11 is 0. The number of nitrogens with two attached hydrogens (primary N) is 1. The maximum atomic E-state index is 11.0. The van der Waals surface area contributed by atoms with Gasteiger partial charge in [0.1, 0.15) is 5.88 Å². The van der Waals surface area contributed by atoms with Crippen LogP contribution >= 0.6 is 0 Å². The minimum absolute atomic E-state index is 0.00981. The van der Waals surface area contributed by atoms with E-state index in [9.17, 15) is 18.0 Å². The van der Waals surface area contributed by atoms with Crippen molar-refractivity contribution < 1.29 is 18.0 Å². The van der Waals surface area contributed by atoms with Crippen LogP contribution in [0.1, 0.15) is 12.8 Å². The second-order valence-electron chi connectivity index (χ2n) is 3.06. The summed E-state index contributed by atoms with van der Waals surface area (Å²) in [6.07, 6.45) is 1.07. The van der Waals surface area contributed by atoms with Crippen LogP contribution < -0.4 is 16.4 Å². The summed E-state index contributed by atoms with van der Waals surface area (Å²) in [6, 6.07) is 0. The molecule has 15 heavy (non-hydrogen) atoms. The summed E-state index contributed by atoms with van der Waals surface area (Å²) in [5, 5.41) is 4.90. The molecule has 0 aromatic rings. The molecule has 0 heterocycles. The number of primary amides is 1. The van der Waals surface area contributed by atoms with Crippen molar-refractivity contribution in [2.45, 2.75) is 12.8 Å². The average molecular weight is 237 g/mol. The first-order valence-corrected chi connectivity index (χ1v) is 6.31. The molecule has 0 aromatic heterocycles. The Kier molecular flexibility index (Phi) is 5.87. The highest BCUT2D eigenvalue weighted by Crippen LogP contribution is 1.85. The van der Waals surface area contributed by atoms with Crippen LogP contribution in [-0.2, 0) is 19.4 Å². The van der Waals surface area contributed by atoms with Crippen molar-refractivity contribution in [3.8, 4) is 0 Å². The monoisotopic (exact) mass is 237 g/mol. The number of carbonyl (C=O) groups excluding carboxylic acids is 2. The van der Waals surface area contributed by atoms with Gasteiger partial charge in [0.2, 0.25) is 11.8 Å². The van der Waals surface area contributed by atoms with E-state index in [1.165, 1.54) is 0 Å². The van der Waals surface area contributed by atoms with Crippen molar-refractivity contribution in [2.24, 2.45) is 5.73 Å². The Labute approximate surface area is 88.3 Å². The Morgan fingerprint density at radius 2 is 1.87 bits per heavy atom. The fraction of sp³-hybridized carbons (Fsp3) is 0.714. The molecule has 0 aliphatic rings. The van der Waals surface area contributed by atoms with Crippen molar-refractivity contribution in [1.82, 2.24) is 10.6 Å². The largest absolute Gasteiger partial charge is 0.370 e. The summed E-state index contributed by atoms with van der Waals surface area (Å²) in [5.41, 5.74) is 4.84. The number of rotatable bonds is 7. The summed E-state index contributed by atoms with van der Waals surface area (Å²) in [5.74, 6) is -1.10. The van der Waals surface area contributed by atoms with Crippen LogP contribution in [0.3, 0.4) is 0 Å². The Bertz CT molecular complexity index is 325. The van der Waals surface area contributed by atoms with E-state index < -0.39 is 15.7 Å². The van der Waals surface area contributed by atoms with Crippen molar-refractivity contribution >= 4 is 21.7 Å². The molecule has 0 unspecified atom stereocenters. The summed E-state index contributed by atoms with van der Waals surface area (Å²) in [7, 11) is -3.08. The standard InChI is InChI=1S/C7H15N3O4S/c1-15(13,14)5-9-4-10-7(12)3-2-6(8)11/h9H,2-5H2,1H3,(H2,8,11)(H,10,12). The van der Waals surface area contributed by atoms with E-state index in [0.717, 1.165) is 6.26 Å². The van der Waals surface area contributed by atoms with Crippen LogP contribution in [0.25, 0.3) is 0 Å². The zero-order valence-corrected chi connectivity index (χ0v) is 9.26. The fourth-order valence-electron chi connectivity index (χ4n) is 0.723. The van der Waals surface area contributed by atoms with Gasteiger partial charge in [-0.15, -0.1) is 0 Å². The number of hydrogen-bond acceptors (Lipinski definition) is 5. The lowest BCUT2D eigenvalue weighted by Crippen LogP contribution is -2.36. The average Bonchev–Trinajstić information content (AvgIpc) is 2.07. The van der Waals surface area contributed by atoms with Gasteiger partial charge in [-0.2, -0.15) is 0 Å². The SMILES string of the molecule is CS(=O)(=O)CNCNC(=O)CCC(N)=O. The number of nitrogens with one attached hydrogen (secondary N) is 2. The molecule has 0 spiro atoms. The second-order valence-corrected chi connectivity index (χ2v) is 5.20. The molecular weight excluding hydrogens is 222 g/mol. The third kappa shape index (κ3) is 10.8. The molecule has 0 saturated heterocycles. The lowest BCUT2D eigenvalue weighted by Gasteiger charge is -2.05. The molecule has 4 N–H and O–H groups in total. The maximum Gasteiger partial charge on any atom is 0.221 e. The van der Waals surface area contributed by atoms with E-state index in [1.54, 1.807) is 0 Å². The maximum absolute atomic E-state index is 11.0. The number of amides is 2. The smallest absolute Gasteiger partial charge is 0.221 e. The van der Waals surface area contributed by atoms with Gasteiger partial charge in [-0.05, 0) is 0 Å². The van der Waals surface area contributed by atoms with E-state index in [1.807, 2.05) is 0 Å². The normalized spacial score (nSPS) is 11.0. The van der Waals surface area contributed by atoms with Crippen LogP contribution in [0.15, 0.2) is 0 Å². The van der Waals surface area contributed by atoms with Gasteiger partial charge >= 0.3 is 0 Å². The van der Waals surface area contributed by atoms with Gasteiger partial charge in [0.05, 0.1) is 6.67 Å². The highest BCUT2D eigenvalue weighted by molar-refractivity contribution is 7.90. The third-order valence-electron chi connectivity index (χ3n) is 1.37. The van der Waals surface area contributed by atoms with Gasteiger partial charge in [0, 0.05) is 19.1 Å². The first-order valence-electron chi connectivity index (χ1n) is 4.24. The molecule has 0 rings (SSSR count). The van der Waals surface area contributed by atoms with E-state index in [2.05, 4.69) is 10.6 Å². The van der Waals surface area contributed by atoms with Crippen molar-refractivity contribution in [2.75, 3.05) is 18.8 Å². The van der Waals surface area contributed by atoms with E-state index >= 15 is 0 Å². The quantitative estimate of drug-likeness (QED) is 0.347. The van der Waals surface area contributed by atoms with Gasteiger partial charge < -0.3 is 11.1 Å². The van der Waals surface area contributed by atoms with E-state index in [4.69, 9.17) is 5.73 Å². The highest BCUT2D eigenvalue weighted by Gasteiger charge is 2.04. The minimum atomic E-state index is -3.08. The molecule has 88 valence electrons. The summed E-state index contributed by atoms with van der Waals surface area (Å²) in [4.78, 5) is 21.3. The summed E-state index contributed by atoms with van der Waals surface area (Å²) in [6.45, 7) is 0.0463. The molecule has 7 nitrogen and oxygen atoms in total. The molecule has 0 saturated carbocycles. The fourth-order valence-corrected chi connectivity index (χ4v) is 1.20. The van der Waals surface area contributed by atoms with Crippen LogP contribution in [0.4, 0.5) is 0 Å². The molecule has 2 amide bonds. The molecule has 0 atom stereocenters. The van der Waals surface area contributed by atoms with Crippen molar-refractivity contribution in [3.63, 3.8) is 0 Å². The third-order valence-corrected chi connectivity index (χ3v) is 2.10. The Morgan fingerprint density at radius 3 is 2.33 bits per heavy atom. The zero-order valence-electron chi connectivity index (χ0n) is 8.45. The number of hydrogen-bond donors (Lipinski definition) is 3. The van der Waals surface area contributed by atoms with Crippen LogP contribution in [0.2, 0.25) is 0 Å². The van der Waals surface area contributed by atoms with Crippen molar-refractivity contribution in [3.05, 3.63) is 0 Å². The second kappa shape index (κ2) is 6.36. The first kappa shape index (κ1) is 13.8. The Morgan fingerprint density at radius 1 is 1.27 bits per heavy atom. The molecular formula is C7H15N3O4S. The first-order chi connectivity index (χ1) is 6.81. The predicted molar refractivity (Wildman–Crippen MR) is 54.3 cm³/mol. The van der Waals surface area contributed by atoms with Gasteiger partial charge in [0.25, 0.3) is 0 Å². The lowest BCUT2D eigenvalue weighted by molar-refractivity contribution is -0.125. The zero-order chi connectivity index (χ0) is 11.9. The topological polar surface area (TPSA) is 118 Å². The van der Waals surface area contributed by atoms with Gasteiger partial charge in [0.15, 0.2) is 9.84 Å². The van der Waals surface area contributed by atoms with E-state index in [0.29, 0.717) is 0 Å². The predicted octanol–water partition coefficient (Wildman–Crippen LogP) is -2.08. The number of carbonyl (C=O) groups is 2. The molecule has 0 aliphatic carbocycles. The highest BCUT2D eigenvalue weighted by atomic mass is 32.2. The Hall–Kier alpha value is -1.15. The van der Waals surface area contributed by atoms with Crippen LogP contribution in [0, 0.1) is 0 Å². The lowest BCUT2D eigenvalue weighted by atomic mass is 10.3. The van der Waals surface area contributed by atoms with Crippen molar-refractivity contribution in [1.29, 1.82) is 0 Å². The molecule has 0 radical (unpaired) electrons. The molecule has 0 bridgehead atoms. The number of sulfone groups is 1. The van der Waals surface area contributed by atoms with Gasteiger partial charge in [-0.1, -0.05) is 0 Å². The summed E-state index contributed by atoms with van der Waals surface area (Å²) < 4.78 is 21.3. The van der Waals surface area contributed by atoms with Crippen LogP contribution in [0.5, 0.6) is 0 Å². The molecule has 0 aliphatic heterocycles. The molecule has 0 fully saturated rings. The Balaban J connectivity index is 3.52. The van der Waals surface area contributed by atoms with Gasteiger partial charge in [-0.3, -0.25) is 14.9 Å². The molecule has 8 heteroatoms. The van der Waals surface area contributed by atoms with E-state index in [-0.39, 0.29) is 31.3 Å². The van der Waals surface area contributed by atoms with Crippen LogP contribution in [-0.4, -0.2) is 39.0 Å². The minimum Gasteiger partial charge on any atom is -0.370 e. The molecule has 0 aromatic carbocycles.